The second-order valence-electron chi connectivity index (χ2n) is 6.85. The number of rotatable bonds is 3. The van der Waals surface area contributed by atoms with Gasteiger partial charge in [0.2, 0.25) is 0 Å². The smallest absolute Gasteiger partial charge is 0.317 e. The highest BCUT2D eigenvalue weighted by atomic mass is 16.5. The molecule has 6 nitrogen and oxygen atoms in total. The third kappa shape index (κ3) is 4.17. The molecule has 0 radical (unpaired) electrons. The standard InChI is InChI=1S/C18H28N4O2/c1-14-12-22(13-15(2)24-14)18(23)20-11-16-7-6-8-19-17(16)21-9-4-3-5-10-21/h6-8,14-15H,3-5,9-13H2,1-2H3,(H,20,23)/t14-,15+. The highest BCUT2D eigenvalue weighted by molar-refractivity contribution is 5.74. The normalized spacial score (nSPS) is 24.8. The Hall–Kier alpha value is -1.82. The van der Waals surface area contributed by atoms with Crippen molar-refractivity contribution in [2.45, 2.75) is 51.9 Å². The number of nitrogens with zero attached hydrogens (tertiary/aromatic N) is 3. The lowest BCUT2D eigenvalue weighted by atomic mass is 10.1. The first-order chi connectivity index (χ1) is 11.6. The molecule has 24 heavy (non-hydrogen) atoms. The Balaban J connectivity index is 1.61. The van der Waals surface area contributed by atoms with Crippen LogP contribution in [0.25, 0.3) is 0 Å². The molecule has 6 heteroatoms. The Kier molecular flexibility index (Phi) is 5.56. The van der Waals surface area contributed by atoms with Crippen LogP contribution in [0.4, 0.5) is 10.6 Å². The number of urea groups is 1. The van der Waals surface area contributed by atoms with E-state index >= 15 is 0 Å². The zero-order valence-electron chi connectivity index (χ0n) is 14.7. The molecule has 2 aliphatic heterocycles. The van der Waals surface area contributed by atoms with Crippen LogP contribution >= 0.6 is 0 Å². The molecule has 0 aliphatic carbocycles. The number of pyridine rings is 1. The van der Waals surface area contributed by atoms with E-state index in [1.165, 1.54) is 19.3 Å². The summed E-state index contributed by atoms with van der Waals surface area (Å²) in [7, 11) is 0. The van der Waals surface area contributed by atoms with Crippen LogP contribution in [0.15, 0.2) is 18.3 Å². The summed E-state index contributed by atoms with van der Waals surface area (Å²) in [6.07, 6.45) is 5.73. The largest absolute Gasteiger partial charge is 0.372 e. The number of nitrogens with one attached hydrogen (secondary N) is 1. The summed E-state index contributed by atoms with van der Waals surface area (Å²) in [5.74, 6) is 1.02. The van der Waals surface area contributed by atoms with Crippen LogP contribution in [0, 0.1) is 0 Å². The first kappa shape index (κ1) is 17.0. The highest BCUT2D eigenvalue weighted by Gasteiger charge is 2.26. The lowest BCUT2D eigenvalue weighted by Crippen LogP contribution is -2.51. The van der Waals surface area contributed by atoms with Crippen molar-refractivity contribution < 1.29 is 9.53 Å². The maximum atomic E-state index is 12.5. The number of morpholine rings is 1. The van der Waals surface area contributed by atoms with Crippen LogP contribution in [0.5, 0.6) is 0 Å². The van der Waals surface area contributed by atoms with Crippen molar-refractivity contribution in [3.05, 3.63) is 23.9 Å². The number of hydrogen-bond acceptors (Lipinski definition) is 4. The third-order valence-electron chi connectivity index (χ3n) is 4.66. The molecule has 2 atom stereocenters. The van der Waals surface area contributed by atoms with E-state index in [1.807, 2.05) is 31.0 Å². The van der Waals surface area contributed by atoms with E-state index < -0.39 is 0 Å². The van der Waals surface area contributed by atoms with Gasteiger partial charge in [-0.25, -0.2) is 9.78 Å². The summed E-state index contributed by atoms with van der Waals surface area (Å²) in [5.41, 5.74) is 1.09. The zero-order chi connectivity index (χ0) is 16.9. The lowest BCUT2D eigenvalue weighted by molar-refractivity contribution is -0.0545. The van der Waals surface area contributed by atoms with Gasteiger partial charge in [-0.1, -0.05) is 6.07 Å². The molecular weight excluding hydrogens is 304 g/mol. The number of carbonyl (C=O) groups excluding carboxylic acids is 1. The summed E-state index contributed by atoms with van der Waals surface area (Å²) in [4.78, 5) is 21.2. The van der Waals surface area contributed by atoms with Gasteiger partial charge in [0.05, 0.1) is 12.2 Å². The van der Waals surface area contributed by atoms with Crippen molar-refractivity contribution in [2.75, 3.05) is 31.1 Å². The second kappa shape index (κ2) is 7.83. The maximum Gasteiger partial charge on any atom is 0.317 e. The van der Waals surface area contributed by atoms with Gasteiger partial charge >= 0.3 is 6.03 Å². The number of anilines is 1. The number of amides is 2. The SMILES string of the molecule is C[C@@H]1CN(C(=O)NCc2cccnc2N2CCCCC2)C[C@H](C)O1. The molecule has 2 saturated heterocycles. The summed E-state index contributed by atoms with van der Waals surface area (Å²) < 4.78 is 5.69. The van der Waals surface area contributed by atoms with E-state index in [1.54, 1.807) is 0 Å². The van der Waals surface area contributed by atoms with Gasteiger partial charge in [-0.05, 0) is 39.2 Å². The monoisotopic (exact) mass is 332 g/mol. The van der Waals surface area contributed by atoms with E-state index in [0.29, 0.717) is 19.6 Å². The first-order valence-electron chi connectivity index (χ1n) is 9.00. The number of ether oxygens (including phenoxy) is 1. The minimum atomic E-state index is -0.0227. The molecule has 0 spiro atoms. The zero-order valence-corrected chi connectivity index (χ0v) is 14.7. The van der Waals surface area contributed by atoms with E-state index in [-0.39, 0.29) is 18.2 Å². The third-order valence-corrected chi connectivity index (χ3v) is 4.66. The molecule has 2 aliphatic rings. The minimum Gasteiger partial charge on any atom is -0.372 e. The average Bonchev–Trinajstić information content (AvgIpc) is 2.60. The predicted octanol–water partition coefficient (Wildman–Crippen LogP) is 2.39. The second-order valence-corrected chi connectivity index (χ2v) is 6.85. The van der Waals surface area contributed by atoms with Gasteiger partial charge < -0.3 is 19.9 Å². The molecule has 1 N–H and O–H groups in total. The molecule has 0 saturated carbocycles. The number of hydrogen-bond donors (Lipinski definition) is 1. The van der Waals surface area contributed by atoms with Crippen molar-refractivity contribution in [3.8, 4) is 0 Å². The molecule has 0 aromatic carbocycles. The topological polar surface area (TPSA) is 57.7 Å². The Morgan fingerprint density at radius 2 is 1.96 bits per heavy atom. The van der Waals surface area contributed by atoms with E-state index in [0.717, 1.165) is 24.5 Å². The van der Waals surface area contributed by atoms with Gasteiger partial charge in [0, 0.05) is 44.5 Å². The van der Waals surface area contributed by atoms with Gasteiger partial charge in [0.15, 0.2) is 0 Å². The van der Waals surface area contributed by atoms with Crippen LogP contribution in [0.2, 0.25) is 0 Å². The molecule has 2 amide bonds. The summed E-state index contributed by atoms with van der Waals surface area (Å²) >= 11 is 0. The molecule has 0 bridgehead atoms. The molecule has 3 rings (SSSR count). The minimum absolute atomic E-state index is 0.0227. The molecule has 2 fully saturated rings. The molecule has 1 aromatic heterocycles. The molecular formula is C18H28N4O2. The summed E-state index contributed by atoms with van der Waals surface area (Å²) in [6.45, 7) is 7.91. The highest BCUT2D eigenvalue weighted by Crippen LogP contribution is 2.21. The fourth-order valence-corrected chi connectivity index (χ4v) is 3.59. The van der Waals surface area contributed by atoms with E-state index in [4.69, 9.17) is 4.74 Å². The lowest BCUT2D eigenvalue weighted by Gasteiger charge is -2.35. The van der Waals surface area contributed by atoms with E-state index in [2.05, 4.69) is 21.3 Å². The molecule has 1 aromatic rings. The number of carbonyl (C=O) groups is 1. The van der Waals surface area contributed by atoms with Crippen molar-refractivity contribution in [3.63, 3.8) is 0 Å². The van der Waals surface area contributed by atoms with Crippen molar-refractivity contribution >= 4 is 11.8 Å². The van der Waals surface area contributed by atoms with Crippen LogP contribution in [-0.2, 0) is 11.3 Å². The Morgan fingerprint density at radius 3 is 2.67 bits per heavy atom. The van der Waals surface area contributed by atoms with Gasteiger partial charge in [-0.2, -0.15) is 0 Å². The summed E-state index contributed by atoms with van der Waals surface area (Å²) in [6, 6.07) is 3.97. The Morgan fingerprint density at radius 1 is 1.25 bits per heavy atom. The predicted molar refractivity (Wildman–Crippen MR) is 94.1 cm³/mol. The maximum absolute atomic E-state index is 12.5. The molecule has 0 unspecified atom stereocenters. The number of piperidine rings is 1. The fourth-order valence-electron chi connectivity index (χ4n) is 3.59. The van der Waals surface area contributed by atoms with Crippen molar-refractivity contribution in [1.82, 2.24) is 15.2 Å². The van der Waals surface area contributed by atoms with Gasteiger partial charge in [-0.15, -0.1) is 0 Å². The van der Waals surface area contributed by atoms with Crippen molar-refractivity contribution in [2.24, 2.45) is 0 Å². The van der Waals surface area contributed by atoms with E-state index in [9.17, 15) is 4.79 Å². The van der Waals surface area contributed by atoms with Gasteiger partial charge in [-0.3, -0.25) is 0 Å². The fraction of sp³-hybridized carbons (Fsp3) is 0.667. The Bertz CT molecular complexity index is 550. The van der Waals surface area contributed by atoms with Gasteiger partial charge in [0.25, 0.3) is 0 Å². The quantitative estimate of drug-likeness (QED) is 0.923. The first-order valence-corrected chi connectivity index (χ1v) is 9.00. The van der Waals surface area contributed by atoms with Gasteiger partial charge in [0.1, 0.15) is 5.82 Å². The molecule has 3 heterocycles. The Labute approximate surface area is 144 Å². The van der Waals surface area contributed by atoms with Crippen molar-refractivity contribution in [1.29, 1.82) is 0 Å². The number of aromatic nitrogens is 1. The average molecular weight is 332 g/mol. The van der Waals surface area contributed by atoms with Crippen LogP contribution in [-0.4, -0.2) is 54.3 Å². The summed E-state index contributed by atoms with van der Waals surface area (Å²) in [5, 5.41) is 3.05. The van der Waals surface area contributed by atoms with Crippen LogP contribution < -0.4 is 10.2 Å². The van der Waals surface area contributed by atoms with Crippen LogP contribution in [0.1, 0.15) is 38.7 Å². The molecule has 132 valence electrons. The van der Waals surface area contributed by atoms with Crippen LogP contribution in [0.3, 0.4) is 0 Å².